The maximum Gasteiger partial charge on any atom is 0.410 e. The number of carbonyl (C=O) groups is 1. The van der Waals surface area contributed by atoms with Gasteiger partial charge in [-0.1, -0.05) is 0 Å². The summed E-state index contributed by atoms with van der Waals surface area (Å²) in [5.74, 6) is 0. The van der Waals surface area contributed by atoms with E-state index in [4.69, 9.17) is 9.47 Å². The highest BCUT2D eigenvalue weighted by molar-refractivity contribution is 6.01. The molecular weight excluding hydrogens is 346 g/mol. The third-order valence-electron chi connectivity index (χ3n) is 4.87. The summed E-state index contributed by atoms with van der Waals surface area (Å²) in [6.07, 6.45) is 5.03. The fourth-order valence-corrected chi connectivity index (χ4v) is 3.69. The van der Waals surface area contributed by atoms with Gasteiger partial charge in [0.15, 0.2) is 0 Å². The summed E-state index contributed by atoms with van der Waals surface area (Å²) in [4.78, 5) is 26.3. The first kappa shape index (κ1) is 17.6. The minimum atomic E-state index is -0.482. The number of fused-ring (bicyclic) bond motifs is 3. The van der Waals surface area contributed by atoms with Crippen LogP contribution in [0.25, 0.3) is 22.1 Å². The van der Waals surface area contributed by atoms with Gasteiger partial charge in [-0.3, -0.25) is 4.57 Å². The minimum Gasteiger partial charge on any atom is -0.468 e. The van der Waals surface area contributed by atoms with Crippen LogP contribution in [0.5, 0.6) is 6.01 Å². The van der Waals surface area contributed by atoms with Gasteiger partial charge in [0, 0.05) is 30.7 Å². The van der Waals surface area contributed by atoms with Gasteiger partial charge in [0.05, 0.1) is 18.8 Å². The molecule has 27 heavy (non-hydrogen) atoms. The predicted octanol–water partition coefficient (Wildman–Crippen LogP) is 3.49. The lowest BCUT2D eigenvalue weighted by atomic mass is 10.0. The number of likely N-dealkylation sites (tertiary alicyclic amines) is 1. The molecular formula is C19H25N5O3. The molecule has 0 radical (unpaired) electrons. The van der Waals surface area contributed by atoms with Crippen molar-refractivity contribution in [2.75, 3.05) is 20.2 Å². The number of rotatable bonds is 2. The second-order valence-corrected chi connectivity index (χ2v) is 7.90. The van der Waals surface area contributed by atoms with Gasteiger partial charge in [0.2, 0.25) is 0 Å². The fraction of sp³-hybridized carbons (Fsp3) is 0.526. The van der Waals surface area contributed by atoms with Crippen molar-refractivity contribution in [3.63, 3.8) is 0 Å². The second-order valence-electron chi connectivity index (χ2n) is 7.90. The highest BCUT2D eigenvalue weighted by Gasteiger charge is 2.30. The molecule has 1 aliphatic heterocycles. The summed E-state index contributed by atoms with van der Waals surface area (Å²) in [7, 11) is 1.63. The smallest absolute Gasteiger partial charge is 0.410 e. The van der Waals surface area contributed by atoms with Crippen LogP contribution in [0.1, 0.15) is 39.7 Å². The van der Waals surface area contributed by atoms with Crippen LogP contribution in [-0.4, -0.2) is 56.3 Å². The normalized spacial score (nSPS) is 16.2. The Morgan fingerprint density at radius 3 is 2.70 bits per heavy atom. The first-order valence-electron chi connectivity index (χ1n) is 9.23. The molecule has 4 rings (SSSR count). The molecule has 0 aliphatic carbocycles. The van der Waals surface area contributed by atoms with Crippen molar-refractivity contribution in [3.8, 4) is 6.01 Å². The van der Waals surface area contributed by atoms with E-state index < -0.39 is 5.60 Å². The lowest BCUT2D eigenvalue weighted by Crippen LogP contribution is -2.42. The van der Waals surface area contributed by atoms with Crippen LogP contribution < -0.4 is 4.74 Å². The lowest BCUT2D eigenvalue weighted by molar-refractivity contribution is 0.0188. The number of aromatic nitrogens is 4. The zero-order valence-electron chi connectivity index (χ0n) is 16.2. The summed E-state index contributed by atoms with van der Waals surface area (Å²) in [5.41, 5.74) is 2.18. The number of aromatic amines is 1. The molecule has 8 nitrogen and oxygen atoms in total. The zero-order chi connectivity index (χ0) is 19.2. The SMILES string of the molecule is COc1nc2cnc3[nH]ccc3c2n1C1CCN(C(=O)OC(C)(C)C)CC1. The van der Waals surface area contributed by atoms with Crippen LogP contribution in [0, 0.1) is 0 Å². The molecule has 1 aliphatic rings. The second kappa shape index (κ2) is 6.44. The van der Waals surface area contributed by atoms with Gasteiger partial charge in [0.25, 0.3) is 6.01 Å². The highest BCUT2D eigenvalue weighted by Crippen LogP contribution is 2.35. The van der Waals surface area contributed by atoms with Crippen LogP contribution in [0.15, 0.2) is 18.5 Å². The molecule has 8 heteroatoms. The quantitative estimate of drug-likeness (QED) is 0.745. The van der Waals surface area contributed by atoms with E-state index in [1.54, 1.807) is 18.2 Å². The first-order valence-corrected chi connectivity index (χ1v) is 9.23. The highest BCUT2D eigenvalue weighted by atomic mass is 16.6. The van der Waals surface area contributed by atoms with Crippen molar-refractivity contribution in [2.45, 2.75) is 45.3 Å². The minimum absolute atomic E-state index is 0.198. The molecule has 3 aromatic rings. The maximum absolute atomic E-state index is 12.3. The Hall–Kier alpha value is -2.77. The number of nitrogens with zero attached hydrogens (tertiary/aromatic N) is 4. The van der Waals surface area contributed by atoms with Gasteiger partial charge in [-0.05, 0) is 39.7 Å². The number of H-pyrrole nitrogens is 1. The maximum atomic E-state index is 12.3. The van der Waals surface area contributed by atoms with E-state index in [9.17, 15) is 4.79 Å². The van der Waals surface area contributed by atoms with Crippen molar-refractivity contribution in [1.82, 2.24) is 24.4 Å². The van der Waals surface area contributed by atoms with E-state index in [0.29, 0.717) is 19.1 Å². The van der Waals surface area contributed by atoms with Gasteiger partial charge < -0.3 is 19.4 Å². The Kier molecular flexibility index (Phi) is 4.20. The Bertz CT molecular complexity index is 976. The molecule has 0 unspecified atom stereocenters. The van der Waals surface area contributed by atoms with Crippen LogP contribution in [0.3, 0.4) is 0 Å². The molecule has 0 saturated carbocycles. The van der Waals surface area contributed by atoms with Crippen LogP contribution in [0.4, 0.5) is 4.79 Å². The van der Waals surface area contributed by atoms with E-state index in [1.807, 2.05) is 33.0 Å². The standard InChI is InChI=1S/C19H25N5O3/c1-19(2,3)27-18(25)23-9-6-12(7-10-23)24-15-13-5-8-20-16(13)21-11-14(15)22-17(24)26-4/h5,8,11-12H,6-7,9-10H2,1-4H3,(H,20,21). The van der Waals surface area contributed by atoms with Gasteiger partial charge in [-0.25, -0.2) is 9.78 Å². The third-order valence-corrected chi connectivity index (χ3v) is 4.87. The van der Waals surface area contributed by atoms with E-state index >= 15 is 0 Å². The van der Waals surface area contributed by atoms with Crippen molar-refractivity contribution >= 4 is 28.2 Å². The number of pyridine rings is 1. The number of piperidine rings is 1. The Morgan fingerprint density at radius 1 is 1.30 bits per heavy atom. The summed E-state index contributed by atoms with van der Waals surface area (Å²) in [5, 5.41) is 1.03. The molecule has 0 aromatic carbocycles. The molecule has 1 amide bonds. The average molecular weight is 371 g/mol. The predicted molar refractivity (Wildman–Crippen MR) is 102 cm³/mol. The van der Waals surface area contributed by atoms with Crippen molar-refractivity contribution in [3.05, 3.63) is 18.5 Å². The number of ether oxygens (including phenoxy) is 2. The fourth-order valence-electron chi connectivity index (χ4n) is 3.69. The lowest BCUT2D eigenvalue weighted by Gasteiger charge is -2.34. The van der Waals surface area contributed by atoms with E-state index in [1.165, 1.54) is 0 Å². The number of hydrogen-bond acceptors (Lipinski definition) is 5. The molecule has 1 fully saturated rings. The molecule has 4 heterocycles. The summed E-state index contributed by atoms with van der Waals surface area (Å²) in [6, 6.07) is 2.79. The largest absolute Gasteiger partial charge is 0.468 e. The number of methoxy groups -OCH3 is 1. The number of carbonyl (C=O) groups excluding carboxylic acids is 1. The summed E-state index contributed by atoms with van der Waals surface area (Å²) in [6.45, 7) is 6.94. The number of imidazole rings is 1. The van der Waals surface area contributed by atoms with E-state index in [-0.39, 0.29) is 12.1 Å². The Morgan fingerprint density at radius 2 is 2.04 bits per heavy atom. The van der Waals surface area contributed by atoms with Crippen LogP contribution in [-0.2, 0) is 4.74 Å². The van der Waals surface area contributed by atoms with Crippen LogP contribution >= 0.6 is 0 Å². The van der Waals surface area contributed by atoms with Gasteiger partial charge in [-0.15, -0.1) is 0 Å². The van der Waals surface area contributed by atoms with Gasteiger partial charge >= 0.3 is 6.09 Å². The van der Waals surface area contributed by atoms with Gasteiger partial charge in [-0.2, -0.15) is 4.98 Å². The topological polar surface area (TPSA) is 85.3 Å². The number of hydrogen-bond donors (Lipinski definition) is 1. The van der Waals surface area contributed by atoms with Crippen molar-refractivity contribution in [1.29, 1.82) is 0 Å². The van der Waals surface area contributed by atoms with Gasteiger partial charge in [0.1, 0.15) is 16.8 Å². The molecule has 144 valence electrons. The van der Waals surface area contributed by atoms with Crippen LogP contribution in [0.2, 0.25) is 0 Å². The first-order chi connectivity index (χ1) is 12.9. The average Bonchev–Trinajstić information content (AvgIpc) is 3.23. The zero-order valence-corrected chi connectivity index (χ0v) is 16.2. The third kappa shape index (κ3) is 3.20. The molecule has 1 N–H and O–H groups in total. The number of nitrogens with one attached hydrogen (secondary N) is 1. The van der Waals surface area contributed by atoms with Crippen molar-refractivity contribution in [2.24, 2.45) is 0 Å². The van der Waals surface area contributed by atoms with E-state index in [2.05, 4.69) is 19.5 Å². The number of amides is 1. The molecule has 1 saturated heterocycles. The molecule has 0 spiro atoms. The summed E-state index contributed by atoms with van der Waals surface area (Å²) >= 11 is 0. The monoisotopic (exact) mass is 371 g/mol. The van der Waals surface area contributed by atoms with Crippen molar-refractivity contribution < 1.29 is 14.3 Å². The Balaban J connectivity index is 1.62. The molecule has 0 atom stereocenters. The van der Waals surface area contributed by atoms with E-state index in [0.717, 1.165) is 34.9 Å². The Labute approximate surface area is 157 Å². The summed E-state index contributed by atoms with van der Waals surface area (Å²) < 4.78 is 13.2. The molecule has 0 bridgehead atoms. The molecule has 3 aromatic heterocycles.